The monoisotopic (exact) mass is 370 g/mol. The normalized spacial score (nSPS) is 13.0. The predicted octanol–water partition coefficient (Wildman–Crippen LogP) is 3.25. The second kappa shape index (κ2) is 8.18. The molecular formula is C20H23FN4O2. The number of anilines is 2. The Bertz CT molecular complexity index is 867. The molecule has 3 rings (SSSR count). The molecule has 2 aromatic rings. The highest BCUT2D eigenvalue weighted by Crippen LogP contribution is 2.25. The molecule has 7 heteroatoms. The Labute approximate surface area is 157 Å². The van der Waals surface area contributed by atoms with Crippen LogP contribution in [-0.2, 0) is 13.0 Å². The molecule has 6 nitrogen and oxygen atoms in total. The zero-order valence-corrected chi connectivity index (χ0v) is 15.4. The van der Waals surface area contributed by atoms with Crippen LogP contribution >= 0.6 is 0 Å². The summed E-state index contributed by atoms with van der Waals surface area (Å²) in [5.74, 6) is -0.816. The first-order chi connectivity index (χ1) is 12.9. The third-order valence-electron chi connectivity index (χ3n) is 4.26. The van der Waals surface area contributed by atoms with Crippen LogP contribution in [0.3, 0.4) is 0 Å². The summed E-state index contributed by atoms with van der Waals surface area (Å²) in [6.07, 6.45) is 0.593. The van der Waals surface area contributed by atoms with Gasteiger partial charge in [0.05, 0.1) is 5.69 Å². The van der Waals surface area contributed by atoms with Gasteiger partial charge in [0.25, 0.3) is 5.91 Å². The minimum Gasteiger partial charge on any atom is -0.336 e. The number of carbonyl (C=O) groups excluding carboxylic acids is 2. The maximum atomic E-state index is 14.7. The Balaban J connectivity index is 1.73. The van der Waals surface area contributed by atoms with Crippen LogP contribution in [0.1, 0.15) is 35.3 Å². The summed E-state index contributed by atoms with van der Waals surface area (Å²) in [6.45, 7) is 5.05. The maximum absolute atomic E-state index is 14.7. The number of benzene rings is 2. The van der Waals surface area contributed by atoms with E-state index in [0.717, 1.165) is 5.56 Å². The van der Waals surface area contributed by atoms with Gasteiger partial charge in [0, 0.05) is 23.8 Å². The molecule has 0 bridgehead atoms. The van der Waals surface area contributed by atoms with E-state index in [4.69, 9.17) is 0 Å². The average molecular weight is 370 g/mol. The van der Waals surface area contributed by atoms with Crippen molar-refractivity contribution in [2.75, 3.05) is 17.2 Å². The van der Waals surface area contributed by atoms with Crippen molar-refractivity contribution in [3.8, 4) is 0 Å². The fourth-order valence-electron chi connectivity index (χ4n) is 2.99. The molecular weight excluding hydrogens is 347 g/mol. The lowest BCUT2D eigenvalue weighted by Crippen LogP contribution is -2.34. The van der Waals surface area contributed by atoms with Crippen molar-refractivity contribution in [3.63, 3.8) is 0 Å². The van der Waals surface area contributed by atoms with E-state index in [-0.39, 0.29) is 23.6 Å². The van der Waals surface area contributed by atoms with Crippen LogP contribution in [0.5, 0.6) is 0 Å². The van der Waals surface area contributed by atoms with E-state index in [9.17, 15) is 14.0 Å². The van der Waals surface area contributed by atoms with Gasteiger partial charge in [-0.05, 0) is 62.2 Å². The van der Waals surface area contributed by atoms with Gasteiger partial charge in [-0.2, -0.15) is 0 Å². The summed E-state index contributed by atoms with van der Waals surface area (Å²) in [4.78, 5) is 24.3. The SMILES string of the molecule is CC(C)NC(=O)Nc1cccc(C(=O)Nc2ccc3c(c2F)CCNC3)c1. The summed E-state index contributed by atoms with van der Waals surface area (Å²) in [5.41, 5.74) is 2.54. The Morgan fingerprint density at radius 2 is 1.96 bits per heavy atom. The van der Waals surface area contributed by atoms with Gasteiger partial charge < -0.3 is 21.3 Å². The number of carbonyl (C=O) groups is 2. The van der Waals surface area contributed by atoms with Crippen LogP contribution in [0.15, 0.2) is 36.4 Å². The van der Waals surface area contributed by atoms with Gasteiger partial charge in [0.2, 0.25) is 0 Å². The number of urea groups is 1. The highest BCUT2D eigenvalue weighted by molar-refractivity contribution is 6.05. The lowest BCUT2D eigenvalue weighted by atomic mass is 9.99. The Morgan fingerprint density at radius 3 is 2.74 bits per heavy atom. The topological polar surface area (TPSA) is 82.3 Å². The molecule has 0 unspecified atom stereocenters. The number of halogens is 1. The van der Waals surface area contributed by atoms with Crippen molar-refractivity contribution in [2.45, 2.75) is 32.9 Å². The minimum atomic E-state index is -0.435. The highest BCUT2D eigenvalue weighted by Gasteiger charge is 2.18. The van der Waals surface area contributed by atoms with Crippen LogP contribution in [0.25, 0.3) is 0 Å². The van der Waals surface area contributed by atoms with Crippen LogP contribution in [-0.4, -0.2) is 24.5 Å². The number of rotatable bonds is 4. The standard InChI is InChI=1S/C20H23FN4O2/c1-12(2)23-20(27)24-15-5-3-4-13(10-15)19(26)25-17-7-6-14-11-22-9-8-16(14)18(17)21/h3-7,10,12,22H,8-9,11H2,1-2H3,(H,25,26)(H2,23,24,27). The Hall–Kier alpha value is -2.93. The molecule has 0 atom stereocenters. The van der Waals surface area contributed by atoms with Gasteiger partial charge in [0.1, 0.15) is 5.82 Å². The number of nitrogens with one attached hydrogen (secondary N) is 4. The Kier molecular flexibility index (Phi) is 5.71. The van der Waals surface area contributed by atoms with Gasteiger partial charge in [-0.3, -0.25) is 4.79 Å². The average Bonchev–Trinajstić information content (AvgIpc) is 2.63. The van der Waals surface area contributed by atoms with Crippen molar-refractivity contribution in [2.24, 2.45) is 0 Å². The molecule has 4 N–H and O–H groups in total. The smallest absolute Gasteiger partial charge is 0.319 e. The van der Waals surface area contributed by atoms with Gasteiger partial charge in [0.15, 0.2) is 0 Å². The van der Waals surface area contributed by atoms with Crippen LogP contribution in [0, 0.1) is 5.82 Å². The summed E-state index contributed by atoms with van der Waals surface area (Å²) in [7, 11) is 0. The number of hydrogen-bond acceptors (Lipinski definition) is 3. The minimum absolute atomic E-state index is 0.00124. The van der Waals surface area contributed by atoms with Crippen molar-refractivity contribution in [3.05, 3.63) is 58.9 Å². The zero-order chi connectivity index (χ0) is 19.4. The second-order valence-corrected chi connectivity index (χ2v) is 6.78. The summed E-state index contributed by atoms with van der Waals surface area (Å²) in [5, 5.41) is 11.2. The van der Waals surface area contributed by atoms with E-state index < -0.39 is 5.91 Å². The molecule has 2 aromatic carbocycles. The van der Waals surface area contributed by atoms with Gasteiger partial charge in [-0.25, -0.2) is 9.18 Å². The fraction of sp³-hybridized carbons (Fsp3) is 0.300. The van der Waals surface area contributed by atoms with Crippen molar-refractivity contribution in [1.82, 2.24) is 10.6 Å². The van der Waals surface area contributed by atoms with E-state index in [1.54, 1.807) is 30.3 Å². The molecule has 3 amide bonds. The van der Waals surface area contributed by atoms with Gasteiger partial charge in [-0.15, -0.1) is 0 Å². The molecule has 1 aliphatic rings. The predicted molar refractivity (Wildman–Crippen MR) is 103 cm³/mol. The molecule has 0 saturated carbocycles. The van der Waals surface area contributed by atoms with E-state index in [1.165, 1.54) is 0 Å². The second-order valence-electron chi connectivity index (χ2n) is 6.78. The number of fused-ring (bicyclic) bond motifs is 1. The van der Waals surface area contributed by atoms with Crippen molar-refractivity contribution in [1.29, 1.82) is 0 Å². The summed E-state index contributed by atoms with van der Waals surface area (Å²) in [6, 6.07) is 9.57. The molecule has 0 spiro atoms. The lowest BCUT2D eigenvalue weighted by Gasteiger charge is -2.19. The first kappa shape index (κ1) is 18.8. The molecule has 0 aliphatic carbocycles. The third kappa shape index (κ3) is 4.62. The van der Waals surface area contributed by atoms with Gasteiger partial charge in [-0.1, -0.05) is 12.1 Å². The first-order valence-electron chi connectivity index (χ1n) is 8.94. The third-order valence-corrected chi connectivity index (χ3v) is 4.26. The maximum Gasteiger partial charge on any atom is 0.319 e. The number of hydrogen-bond donors (Lipinski definition) is 4. The lowest BCUT2D eigenvalue weighted by molar-refractivity contribution is 0.102. The van der Waals surface area contributed by atoms with Crippen LogP contribution < -0.4 is 21.3 Å². The van der Waals surface area contributed by atoms with Crippen LogP contribution in [0.2, 0.25) is 0 Å². The van der Waals surface area contributed by atoms with E-state index in [0.29, 0.717) is 36.3 Å². The quantitative estimate of drug-likeness (QED) is 0.667. The fourth-order valence-corrected chi connectivity index (χ4v) is 2.99. The summed E-state index contributed by atoms with van der Waals surface area (Å²) < 4.78 is 14.7. The van der Waals surface area contributed by atoms with E-state index in [2.05, 4.69) is 21.3 Å². The molecule has 0 radical (unpaired) electrons. The molecule has 0 fully saturated rings. The molecule has 0 aromatic heterocycles. The molecule has 142 valence electrons. The molecule has 1 heterocycles. The largest absolute Gasteiger partial charge is 0.336 e. The molecule has 27 heavy (non-hydrogen) atoms. The highest BCUT2D eigenvalue weighted by atomic mass is 19.1. The van der Waals surface area contributed by atoms with E-state index >= 15 is 0 Å². The van der Waals surface area contributed by atoms with E-state index in [1.807, 2.05) is 19.9 Å². The van der Waals surface area contributed by atoms with Crippen LogP contribution in [0.4, 0.5) is 20.6 Å². The first-order valence-corrected chi connectivity index (χ1v) is 8.94. The zero-order valence-electron chi connectivity index (χ0n) is 15.4. The molecule has 0 saturated heterocycles. The number of amides is 3. The van der Waals surface area contributed by atoms with Crippen molar-refractivity contribution >= 4 is 23.3 Å². The van der Waals surface area contributed by atoms with Crippen molar-refractivity contribution < 1.29 is 14.0 Å². The molecule has 1 aliphatic heterocycles. The Morgan fingerprint density at radius 1 is 1.15 bits per heavy atom. The summed E-state index contributed by atoms with van der Waals surface area (Å²) >= 11 is 0. The van der Waals surface area contributed by atoms with Gasteiger partial charge >= 0.3 is 6.03 Å².